The lowest BCUT2D eigenvalue weighted by Gasteiger charge is -2.35. The summed E-state index contributed by atoms with van der Waals surface area (Å²) in [5.41, 5.74) is -0.00903. The standard InChI is InChI=1S/C24H52N4O2/c1-3-4-5-6-7-8-11-24(2,23-30)22-28-17-10-16-27(20-21-29)18-14-25-12-9-13-26-15-19-28/h25-26,29-30H,3-23H2,1-2H3. The molecule has 0 radical (unpaired) electrons. The number of nitrogens with zero attached hydrogens (tertiary/aromatic N) is 2. The molecule has 1 fully saturated rings. The Kier molecular flexibility index (Phi) is 17.0. The maximum absolute atomic E-state index is 10.2. The van der Waals surface area contributed by atoms with Crippen LogP contribution in [-0.2, 0) is 0 Å². The van der Waals surface area contributed by atoms with Gasteiger partial charge in [0.1, 0.15) is 0 Å². The van der Waals surface area contributed by atoms with E-state index in [-0.39, 0.29) is 18.6 Å². The molecule has 1 atom stereocenters. The summed E-state index contributed by atoms with van der Waals surface area (Å²) in [6.07, 6.45) is 11.2. The fourth-order valence-corrected chi connectivity index (χ4v) is 4.41. The van der Waals surface area contributed by atoms with Crippen LogP contribution in [0.5, 0.6) is 0 Å². The maximum Gasteiger partial charge on any atom is 0.0558 e. The van der Waals surface area contributed by atoms with Crippen molar-refractivity contribution < 1.29 is 10.2 Å². The lowest BCUT2D eigenvalue weighted by atomic mass is 9.84. The highest BCUT2D eigenvalue weighted by Crippen LogP contribution is 2.26. The molecule has 180 valence electrons. The molecule has 6 nitrogen and oxygen atoms in total. The Morgan fingerprint density at radius 1 is 0.767 bits per heavy atom. The minimum absolute atomic E-state index is 0.00903. The van der Waals surface area contributed by atoms with E-state index < -0.39 is 0 Å². The molecule has 6 heteroatoms. The Hall–Kier alpha value is -0.240. The number of unbranched alkanes of at least 4 members (excludes halogenated alkanes) is 5. The van der Waals surface area contributed by atoms with Crippen molar-refractivity contribution in [2.45, 2.75) is 71.6 Å². The fraction of sp³-hybridized carbons (Fsp3) is 1.00. The summed E-state index contributed by atoms with van der Waals surface area (Å²) in [6, 6.07) is 0. The second-order valence-corrected chi connectivity index (χ2v) is 9.54. The average molecular weight is 429 g/mol. The zero-order valence-corrected chi connectivity index (χ0v) is 20.1. The third-order valence-corrected chi connectivity index (χ3v) is 6.40. The predicted molar refractivity (Wildman–Crippen MR) is 128 cm³/mol. The van der Waals surface area contributed by atoms with Crippen molar-refractivity contribution in [3.8, 4) is 0 Å². The van der Waals surface area contributed by atoms with Crippen LogP contribution < -0.4 is 10.6 Å². The first-order valence-corrected chi connectivity index (χ1v) is 12.7. The number of hydrogen-bond donors (Lipinski definition) is 4. The molecule has 0 aromatic heterocycles. The van der Waals surface area contributed by atoms with Gasteiger partial charge in [-0.25, -0.2) is 0 Å². The number of aliphatic hydroxyl groups is 2. The molecule has 1 heterocycles. The van der Waals surface area contributed by atoms with Crippen molar-refractivity contribution in [2.75, 3.05) is 78.7 Å². The van der Waals surface area contributed by atoms with Crippen molar-refractivity contribution in [3.05, 3.63) is 0 Å². The topological polar surface area (TPSA) is 71.0 Å². The lowest BCUT2D eigenvalue weighted by molar-refractivity contribution is 0.0754. The SMILES string of the molecule is CCCCCCCCC(C)(CO)CN1CCCN(CCO)CCNCCCNCC1. The number of hydrogen-bond acceptors (Lipinski definition) is 6. The van der Waals surface area contributed by atoms with Crippen LogP contribution in [0.4, 0.5) is 0 Å². The Morgan fingerprint density at radius 2 is 1.40 bits per heavy atom. The van der Waals surface area contributed by atoms with Gasteiger partial charge in [-0.2, -0.15) is 0 Å². The van der Waals surface area contributed by atoms with Gasteiger partial charge in [-0.3, -0.25) is 4.90 Å². The Bertz CT molecular complexity index is 386. The molecule has 1 rings (SSSR count). The fourth-order valence-electron chi connectivity index (χ4n) is 4.41. The molecule has 1 unspecified atom stereocenters. The van der Waals surface area contributed by atoms with Crippen molar-refractivity contribution >= 4 is 0 Å². The molecule has 1 aliphatic rings. The van der Waals surface area contributed by atoms with E-state index in [2.05, 4.69) is 34.3 Å². The van der Waals surface area contributed by atoms with Crippen LogP contribution >= 0.6 is 0 Å². The van der Waals surface area contributed by atoms with Gasteiger partial charge in [0.2, 0.25) is 0 Å². The third-order valence-electron chi connectivity index (χ3n) is 6.40. The molecule has 0 bridgehead atoms. The smallest absolute Gasteiger partial charge is 0.0558 e. The first-order chi connectivity index (χ1) is 14.6. The van der Waals surface area contributed by atoms with Crippen LogP contribution in [0.1, 0.15) is 71.6 Å². The van der Waals surface area contributed by atoms with Crippen LogP contribution in [0.2, 0.25) is 0 Å². The quantitative estimate of drug-likeness (QED) is 0.358. The molecule has 0 aromatic carbocycles. The average Bonchev–Trinajstić information content (AvgIpc) is 2.74. The highest BCUT2D eigenvalue weighted by atomic mass is 16.3. The minimum atomic E-state index is -0.00903. The third kappa shape index (κ3) is 13.9. The van der Waals surface area contributed by atoms with E-state index >= 15 is 0 Å². The van der Waals surface area contributed by atoms with Crippen LogP contribution in [0.3, 0.4) is 0 Å². The van der Waals surface area contributed by atoms with Gasteiger partial charge < -0.3 is 25.7 Å². The maximum atomic E-state index is 10.2. The van der Waals surface area contributed by atoms with Crippen molar-refractivity contribution in [1.29, 1.82) is 0 Å². The number of β-amino-alcohol motifs (C(OH)–C–C–N with tert-alkyl or cyclic N) is 1. The summed E-state index contributed by atoms with van der Waals surface area (Å²) >= 11 is 0. The predicted octanol–water partition coefficient (Wildman–Crippen LogP) is 2.30. The van der Waals surface area contributed by atoms with Crippen molar-refractivity contribution in [2.24, 2.45) is 5.41 Å². The minimum Gasteiger partial charge on any atom is -0.396 e. The molecule has 0 aromatic rings. The first kappa shape index (κ1) is 27.8. The van der Waals surface area contributed by atoms with Crippen LogP contribution in [-0.4, -0.2) is 98.7 Å². The zero-order valence-electron chi connectivity index (χ0n) is 20.1. The van der Waals surface area contributed by atoms with Gasteiger partial charge in [0.25, 0.3) is 0 Å². The van der Waals surface area contributed by atoms with Gasteiger partial charge in [-0.1, -0.05) is 52.4 Å². The second kappa shape index (κ2) is 18.3. The highest BCUT2D eigenvalue weighted by molar-refractivity contribution is 4.79. The van der Waals surface area contributed by atoms with Crippen LogP contribution in [0, 0.1) is 5.41 Å². The summed E-state index contributed by atoms with van der Waals surface area (Å²) in [6.45, 7) is 15.0. The normalized spacial score (nSPS) is 21.2. The molecule has 30 heavy (non-hydrogen) atoms. The van der Waals surface area contributed by atoms with Crippen molar-refractivity contribution in [3.63, 3.8) is 0 Å². The number of rotatable bonds is 12. The van der Waals surface area contributed by atoms with Gasteiger partial charge in [0, 0.05) is 51.3 Å². The first-order valence-electron chi connectivity index (χ1n) is 12.7. The lowest BCUT2D eigenvalue weighted by Crippen LogP contribution is -2.43. The van der Waals surface area contributed by atoms with Gasteiger partial charge in [-0.05, 0) is 45.4 Å². The van der Waals surface area contributed by atoms with Gasteiger partial charge in [-0.15, -0.1) is 0 Å². The second-order valence-electron chi connectivity index (χ2n) is 9.54. The molecular formula is C24H52N4O2. The number of nitrogens with one attached hydrogen (secondary N) is 2. The molecular weight excluding hydrogens is 376 g/mol. The Morgan fingerprint density at radius 3 is 2.07 bits per heavy atom. The van der Waals surface area contributed by atoms with E-state index in [0.717, 1.165) is 84.7 Å². The van der Waals surface area contributed by atoms with Gasteiger partial charge in [0.15, 0.2) is 0 Å². The summed E-state index contributed by atoms with van der Waals surface area (Å²) < 4.78 is 0. The highest BCUT2D eigenvalue weighted by Gasteiger charge is 2.26. The molecule has 1 aliphatic heterocycles. The summed E-state index contributed by atoms with van der Waals surface area (Å²) in [5.74, 6) is 0. The largest absolute Gasteiger partial charge is 0.396 e. The molecule has 1 saturated heterocycles. The van der Waals surface area contributed by atoms with Crippen LogP contribution in [0.25, 0.3) is 0 Å². The molecule has 0 amide bonds. The van der Waals surface area contributed by atoms with Crippen LogP contribution in [0.15, 0.2) is 0 Å². The van der Waals surface area contributed by atoms with Crippen molar-refractivity contribution in [1.82, 2.24) is 20.4 Å². The van der Waals surface area contributed by atoms with E-state index in [4.69, 9.17) is 0 Å². The van der Waals surface area contributed by atoms with E-state index in [1.807, 2.05) is 0 Å². The molecule has 0 spiro atoms. The van der Waals surface area contributed by atoms with Gasteiger partial charge in [0.05, 0.1) is 6.61 Å². The van der Waals surface area contributed by atoms with E-state index in [1.165, 1.54) is 38.5 Å². The molecule has 0 aliphatic carbocycles. The summed E-state index contributed by atoms with van der Waals surface area (Å²) in [4.78, 5) is 4.93. The van der Waals surface area contributed by atoms with E-state index in [1.54, 1.807) is 0 Å². The van der Waals surface area contributed by atoms with E-state index in [9.17, 15) is 10.2 Å². The number of aliphatic hydroxyl groups excluding tert-OH is 2. The Balaban J connectivity index is 2.52. The van der Waals surface area contributed by atoms with E-state index in [0.29, 0.717) is 0 Å². The zero-order chi connectivity index (χ0) is 21.9. The van der Waals surface area contributed by atoms with Gasteiger partial charge >= 0.3 is 0 Å². The Labute approximate surface area is 186 Å². The summed E-state index contributed by atoms with van der Waals surface area (Å²) in [7, 11) is 0. The molecule has 4 N–H and O–H groups in total. The monoisotopic (exact) mass is 428 g/mol. The summed E-state index contributed by atoms with van der Waals surface area (Å²) in [5, 5.41) is 26.6. The molecule has 0 saturated carbocycles.